The van der Waals surface area contributed by atoms with E-state index in [1.165, 1.54) is 0 Å². The number of aromatic nitrogens is 2. The molecule has 3 nitrogen and oxygen atoms in total. The average molecular weight is 228 g/mol. The van der Waals surface area contributed by atoms with Gasteiger partial charge in [-0.3, -0.25) is 9.97 Å². The fourth-order valence-corrected chi connectivity index (χ4v) is 0.999. The number of pyridine rings is 2. The Kier molecular flexibility index (Phi) is 7.80. The lowest BCUT2D eigenvalue weighted by molar-refractivity contribution is 0.824. The Hall–Kier alpha value is -2.26. The zero-order valence-electron chi connectivity index (χ0n) is 9.58. The fourth-order valence-electron chi connectivity index (χ4n) is 0.999. The van der Waals surface area contributed by atoms with Gasteiger partial charge in [-0.25, -0.2) is 0 Å². The van der Waals surface area contributed by atoms with E-state index in [1.54, 1.807) is 36.9 Å². The lowest BCUT2D eigenvalue weighted by atomic mass is 10.3. The second kappa shape index (κ2) is 9.00. The summed E-state index contributed by atoms with van der Waals surface area (Å²) >= 11 is 0. The molecule has 0 radical (unpaired) electrons. The quantitative estimate of drug-likeness (QED) is 0.793. The molecule has 0 spiro atoms. The van der Waals surface area contributed by atoms with E-state index in [4.69, 9.17) is 0 Å². The molecule has 0 aliphatic carbocycles. The van der Waals surface area contributed by atoms with E-state index < -0.39 is 0 Å². The molecule has 0 saturated heterocycles. The molecule has 2 aromatic rings. The van der Waals surface area contributed by atoms with Crippen LogP contribution in [0.2, 0.25) is 0 Å². The molecule has 88 valence electrons. The van der Waals surface area contributed by atoms with Gasteiger partial charge in [-0.05, 0) is 35.4 Å². The summed E-state index contributed by atoms with van der Waals surface area (Å²) in [4.78, 5) is 7.69. The van der Waals surface area contributed by atoms with Crippen molar-refractivity contribution in [2.75, 3.05) is 0 Å². The van der Waals surface area contributed by atoms with E-state index in [0.29, 0.717) is 0 Å². The van der Waals surface area contributed by atoms with Crippen LogP contribution in [0.3, 0.4) is 0 Å². The van der Waals surface area contributed by atoms with E-state index in [1.807, 2.05) is 24.3 Å². The molecular formula is C14H16N2O. The molecule has 0 fully saturated rings. The van der Waals surface area contributed by atoms with Crippen LogP contribution in [0.5, 0.6) is 0 Å². The fraction of sp³-hybridized carbons (Fsp3) is 0. The Morgan fingerprint density at radius 3 is 1.18 bits per heavy atom. The number of rotatable bonds is 2. The van der Waals surface area contributed by atoms with Crippen molar-refractivity contribution >= 4 is 12.2 Å². The van der Waals surface area contributed by atoms with Gasteiger partial charge in [-0.2, -0.15) is 0 Å². The third-order valence-corrected chi connectivity index (χ3v) is 1.88. The first-order valence-corrected chi connectivity index (χ1v) is 4.91. The van der Waals surface area contributed by atoms with Crippen LogP contribution in [-0.2, 0) is 0 Å². The predicted molar refractivity (Wildman–Crippen MR) is 72.3 cm³/mol. The highest BCUT2D eigenvalue weighted by Gasteiger charge is 1.77. The molecule has 3 heteroatoms. The zero-order chi connectivity index (χ0) is 11.6. The summed E-state index contributed by atoms with van der Waals surface area (Å²) in [6.07, 6.45) is 10.6. The van der Waals surface area contributed by atoms with Gasteiger partial charge in [0.05, 0.1) is 0 Å². The zero-order valence-corrected chi connectivity index (χ0v) is 9.58. The third kappa shape index (κ3) is 6.02. The average Bonchev–Trinajstić information content (AvgIpc) is 2.41. The Morgan fingerprint density at radius 1 is 0.706 bits per heavy atom. The molecule has 0 aliphatic rings. The molecule has 2 N–H and O–H groups in total. The second-order valence-corrected chi connectivity index (χ2v) is 2.97. The molecule has 2 aromatic heterocycles. The highest BCUT2D eigenvalue weighted by molar-refractivity contribution is 5.45. The smallest absolute Gasteiger partial charge is 0.0273 e. The van der Waals surface area contributed by atoms with Gasteiger partial charge in [0.1, 0.15) is 0 Å². The minimum Gasteiger partial charge on any atom is -0.412 e. The molecule has 0 saturated carbocycles. The first-order chi connectivity index (χ1) is 7.86. The van der Waals surface area contributed by atoms with E-state index in [0.717, 1.165) is 11.1 Å². The van der Waals surface area contributed by atoms with Gasteiger partial charge in [-0.15, -0.1) is 0 Å². The van der Waals surface area contributed by atoms with Crippen LogP contribution in [0.25, 0.3) is 12.2 Å². The SMILES string of the molecule is C=Cc1ccncc1.C=Cc1ccncc1.O. The number of hydrogen-bond donors (Lipinski definition) is 0. The molecule has 0 amide bonds. The molecule has 0 aliphatic heterocycles. The maximum absolute atomic E-state index is 3.85. The van der Waals surface area contributed by atoms with Crippen molar-refractivity contribution in [1.82, 2.24) is 9.97 Å². The van der Waals surface area contributed by atoms with Crippen molar-refractivity contribution in [1.29, 1.82) is 0 Å². The summed E-state index contributed by atoms with van der Waals surface area (Å²) in [5.41, 5.74) is 2.22. The summed E-state index contributed by atoms with van der Waals surface area (Å²) in [5.74, 6) is 0. The molecule has 0 atom stereocenters. The summed E-state index contributed by atoms with van der Waals surface area (Å²) in [6, 6.07) is 7.64. The minimum atomic E-state index is 0. The normalized spacial score (nSPS) is 8.00. The van der Waals surface area contributed by atoms with Crippen LogP contribution in [-0.4, -0.2) is 15.4 Å². The third-order valence-electron chi connectivity index (χ3n) is 1.88. The van der Waals surface area contributed by atoms with Gasteiger partial charge in [0, 0.05) is 24.8 Å². The Bertz CT molecular complexity index is 383. The van der Waals surface area contributed by atoms with Crippen molar-refractivity contribution in [2.45, 2.75) is 0 Å². The van der Waals surface area contributed by atoms with Gasteiger partial charge in [0.25, 0.3) is 0 Å². The Morgan fingerprint density at radius 2 is 1.00 bits per heavy atom. The second-order valence-electron chi connectivity index (χ2n) is 2.97. The Balaban J connectivity index is 0.000000284. The molecule has 17 heavy (non-hydrogen) atoms. The molecule has 0 unspecified atom stereocenters. The van der Waals surface area contributed by atoms with Crippen molar-refractivity contribution in [3.05, 3.63) is 73.3 Å². The van der Waals surface area contributed by atoms with Crippen LogP contribution in [0.4, 0.5) is 0 Å². The van der Waals surface area contributed by atoms with Gasteiger partial charge >= 0.3 is 0 Å². The molecule has 0 bridgehead atoms. The highest BCUT2D eigenvalue weighted by Crippen LogP contribution is 1.95. The monoisotopic (exact) mass is 228 g/mol. The largest absolute Gasteiger partial charge is 0.412 e. The maximum Gasteiger partial charge on any atom is 0.0273 e. The first kappa shape index (κ1) is 14.7. The molecule has 2 rings (SSSR count). The van der Waals surface area contributed by atoms with Gasteiger partial charge in [0.15, 0.2) is 0 Å². The Labute approximate surface area is 101 Å². The van der Waals surface area contributed by atoms with Crippen LogP contribution in [0.1, 0.15) is 11.1 Å². The van der Waals surface area contributed by atoms with Crippen LogP contribution >= 0.6 is 0 Å². The summed E-state index contributed by atoms with van der Waals surface area (Å²) in [5, 5.41) is 0. The van der Waals surface area contributed by atoms with E-state index >= 15 is 0 Å². The van der Waals surface area contributed by atoms with Crippen molar-refractivity contribution in [3.8, 4) is 0 Å². The van der Waals surface area contributed by atoms with Crippen molar-refractivity contribution < 1.29 is 5.48 Å². The van der Waals surface area contributed by atoms with E-state index in [-0.39, 0.29) is 5.48 Å². The van der Waals surface area contributed by atoms with Crippen molar-refractivity contribution in [2.24, 2.45) is 0 Å². The van der Waals surface area contributed by atoms with Crippen LogP contribution in [0, 0.1) is 0 Å². The molecule has 2 heterocycles. The summed E-state index contributed by atoms with van der Waals surface area (Å²) < 4.78 is 0. The van der Waals surface area contributed by atoms with Gasteiger partial charge in [0.2, 0.25) is 0 Å². The summed E-state index contributed by atoms with van der Waals surface area (Å²) in [7, 11) is 0. The van der Waals surface area contributed by atoms with E-state index in [9.17, 15) is 0 Å². The standard InChI is InChI=1S/2C7H7N.H2O/c2*1-2-7-3-5-8-6-4-7;/h2*2-6H,1H2;1H2. The van der Waals surface area contributed by atoms with Gasteiger partial charge < -0.3 is 5.48 Å². The first-order valence-electron chi connectivity index (χ1n) is 4.91. The molecular weight excluding hydrogens is 212 g/mol. The van der Waals surface area contributed by atoms with Gasteiger partial charge in [-0.1, -0.05) is 25.3 Å². The number of nitrogens with zero attached hydrogens (tertiary/aromatic N) is 2. The lowest BCUT2D eigenvalue weighted by Gasteiger charge is -1.84. The highest BCUT2D eigenvalue weighted by atomic mass is 16.0. The van der Waals surface area contributed by atoms with Crippen LogP contribution < -0.4 is 0 Å². The number of hydrogen-bond acceptors (Lipinski definition) is 2. The summed E-state index contributed by atoms with van der Waals surface area (Å²) in [6.45, 7) is 7.21. The lowest BCUT2D eigenvalue weighted by Crippen LogP contribution is -1.69. The minimum absolute atomic E-state index is 0. The maximum atomic E-state index is 3.85. The predicted octanol–water partition coefficient (Wildman–Crippen LogP) is 2.62. The van der Waals surface area contributed by atoms with E-state index in [2.05, 4.69) is 23.1 Å². The van der Waals surface area contributed by atoms with Crippen LogP contribution in [0.15, 0.2) is 62.2 Å². The van der Waals surface area contributed by atoms with Crippen molar-refractivity contribution in [3.63, 3.8) is 0 Å². The molecule has 0 aromatic carbocycles. The topological polar surface area (TPSA) is 57.3 Å².